The van der Waals surface area contributed by atoms with Crippen LogP contribution >= 0.6 is 0 Å². The van der Waals surface area contributed by atoms with Gasteiger partial charge in [-0.25, -0.2) is 4.68 Å². The fourth-order valence-electron chi connectivity index (χ4n) is 4.63. The van der Waals surface area contributed by atoms with Gasteiger partial charge < -0.3 is 19.1 Å². The molecule has 0 atom stereocenters. The van der Waals surface area contributed by atoms with Gasteiger partial charge in [-0.3, -0.25) is 9.59 Å². The minimum absolute atomic E-state index is 0.101. The summed E-state index contributed by atoms with van der Waals surface area (Å²) in [6.07, 6.45) is 0.863. The third kappa shape index (κ3) is 4.68. The third-order valence-corrected chi connectivity index (χ3v) is 6.63. The Morgan fingerprint density at radius 2 is 1.75 bits per heavy atom. The van der Waals surface area contributed by atoms with Crippen LogP contribution in [0.15, 0.2) is 63.9 Å². The monoisotopic (exact) mass is 487 g/mol. The van der Waals surface area contributed by atoms with Gasteiger partial charge in [-0.05, 0) is 49.7 Å². The zero-order chi connectivity index (χ0) is 25.1. The predicted octanol–water partition coefficient (Wildman–Crippen LogP) is 3.50. The molecule has 0 spiro atoms. The number of ether oxygens (including phenoxy) is 1. The van der Waals surface area contributed by atoms with Crippen molar-refractivity contribution in [3.8, 4) is 17.0 Å². The molecule has 5 rings (SSSR count). The van der Waals surface area contributed by atoms with Crippen molar-refractivity contribution < 1.29 is 14.1 Å². The topological polar surface area (TPSA) is 93.7 Å². The van der Waals surface area contributed by atoms with E-state index in [1.54, 1.807) is 14.0 Å². The van der Waals surface area contributed by atoms with Crippen LogP contribution in [0.4, 0.5) is 5.69 Å². The van der Waals surface area contributed by atoms with E-state index in [0.29, 0.717) is 49.3 Å². The van der Waals surface area contributed by atoms with Gasteiger partial charge in [0.15, 0.2) is 5.52 Å². The Kier molecular flexibility index (Phi) is 6.71. The Morgan fingerprint density at radius 1 is 1.03 bits per heavy atom. The van der Waals surface area contributed by atoms with Crippen LogP contribution in [0.25, 0.3) is 22.2 Å². The molecule has 186 valence electrons. The lowest BCUT2D eigenvalue weighted by Crippen LogP contribution is -2.48. The average molecular weight is 488 g/mol. The van der Waals surface area contributed by atoms with Crippen LogP contribution in [-0.4, -0.2) is 59.0 Å². The molecule has 1 aliphatic heterocycles. The van der Waals surface area contributed by atoms with Crippen molar-refractivity contribution in [2.75, 3.05) is 38.2 Å². The molecule has 0 aliphatic carbocycles. The number of methoxy groups -OCH3 is 1. The molecule has 9 nitrogen and oxygen atoms in total. The molecule has 4 aromatic rings. The van der Waals surface area contributed by atoms with Gasteiger partial charge in [0.05, 0.1) is 12.5 Å². The maximum atomic E-state index is 13.0. The second kappa shape index (κ2) is 10.2. The number of carbonyl (C=O) groups excluding carboxylic acids is 1. The third-order valence-electron chi connectivity index (χ3n) is 6.63. The number of anilines is 1. The number of hydrogen-bond donors (Lipinski definition) is 0. The molecule has 0 radical (unpaired) electrons. The van der Waals surface area contributed by atoms with E-state index >= 15 is 0 Å². The first kappa shape index (κ1) is 23.6. The maximum Gasteiger partial charge on any atom is 0.296 e. The number of benzene rings is 2. The lowest BCUT2D eigenvalue weighted by molar-refractivity contribution is -0.131. The van der Waals surface area contributed by atoms with E-state index in [0.717, 1.165) is 24.4 Å². The zero-order valence-electron chi connectivity index (χ0n) is 20.5. The number of amides is 1. The van der Waals surface area contributed by atoms with Crippen LogP contribution in [-0.2, 0) is 11.3 Å². The first-order valence-corrected chi connectivity index (χ1v) is 12.1. The highest BCUT2D eigenvalue weighted by molar-refractivity contribution is 5.93. The van der Waals surface area contributed by atoms with Crippen molar-refractivity contribution in [3.63, 3.8) is 0 Å². The maximum absolute atomic E-state index is 13.0. The fraction of sp³-hybridized carbons (Fsp3) is 0.333. The molecule has 9 heteroatoms. The Hall–Kier alpha value is -4.14. The molecule has 1 amide bonds. The van der Waals surface area contributed by atoms with Gasteiger partial charge in [0, 0.05) is 50.4 Å². The predicted molar refractivity (Wildman–Crippen MR) is 137 cm³/mol. The normalized spacial score (nSPS) is 13.8. The Morgan fingerprint density at radius 3 is 2.44 bits per heavy atom. The average Bonchev–Trinajstić information content (AvgIpc) is 3.32. The number of nitrogens with zero attached hydrogens (tertiary/aromatic N) is 5. The van der Waals surface area contributed by atoms with Crippen LogP contribution in [0.3, 0.4) is 0 Å². The molecule has 2 aromatic heterocycles. The summed E-state index contributed by atoms with van der Waals surface area (Å²) in [4.78, 5) is 30.1. The van der Waals surface area contributed by atoms with Crippen LogP contribution in [0.1, 0.15) is 18.6 Å². The number of aromatic nitrogens is 3. The van der Waals surface area contributed by atoms with Crippen LogP contribution < -0.4 is 15.2 Å². The second-order valence-electron chi connectivity index (χ2n) is 8.87. The van der Waals surface area contributed by atoms with Gasteiger partial charge in [-0.2, -0.15) is 5.10 Å². The summed E-state index contributed by atoms with van der Waals surface area (Å²) >= 11 is 0. The summed E-state index contributed by atoms with van der Waals surface area (Å²) in [5.41, 5.74) is 2.56. The van der Waals surface area contributed by atoms with Crippen molar-refractivity contribution in [1.29, 1.82) is 0 Å². The fourth-order valence-corrected chi connectivity index (χ4v) is 4.63. The first-order valence-electron chi connectivity index (χ1n) is 12.1. The molecular weight excluding hydrogens is 458 g/mol. The second-order valence-corrected chi connectivity index (χ2v) is 8.87. The molecular formula is C27H29N5O4. The standard InChI is InChI=1S/C27H29N5O4/c1-19-24-25(20-10-12-22(35-2)13-11-20)28-32(27(34)26(24)29-36-19)14-6-9-23(33)31-17-15-30(16-18-31)21-7-4-3-5-8-21/h3-5,7-8,10-13H,6,9,14-18H2,1-2H3. The summed E-state index contributed by atoms with van der Waals surface area (Å²) < 4.78 is 12.0. The molecule has 0 saturated carbocycles. The highest BCUT2D eigenvalue weighted by atomic mass is 16.5. The van der Waals surface area contributed by atoms with Crippen molar-refractivity contribution in [1.82, 2.24) is 19.8 Å². The van der Waals surface area contributed by atoms with Crippen LogP contribution in [0.5, 0.6) is 5.75 Å². The van der Waals surface area contributed by atoms with Gasteiger partial charge in [0.2, 0.25) is 5.91 Å². The highest BCUT2D eigenvalue weighted by Gasteiger charge is 2.22. The summed E-state index contributed by atoms with van der Waals surface area (Å²) in [5.74, 6) is 1.37. The number of piperazine rings is 1. The summed E-state index contributed by atoms with van der Waals surface area (Å²) in [6.45, 7) is 5.09. The molecule has 1 aliphatic rings. The first-order chi connectivity index (χ1) is 17.5. The lowest BCUT2D eigenvalue weighted by atomic mass is 10.1. The summed E-state index contributed by atoms with van der Waals surface area (Å²) in [7, 11) is 1.61. The number of para-hydroxylation sites is 1. The van der Waals surface area contributed by atoms with Gasteiger partial charge in [0.25, 0.3) is 5.56 Å². The van der Waals surface area contributed by atoms with E-state index in [1.807, 2.05) is 47.4 Å². The van der Waals surface area contributed by atoms with E-state index in [-0.39, 0.29) is 17.0 Å². The molecule has 3 heterocycles. The Labute approximate surface area is 208 Å². The largest absolute Gasteiger partial charge is 0.497 e. The molecule has 0 unspecified atom stereocenters. The smallest absolute Gasteiger partial charge is 0.296 e. The van der Waals surface area contributed by atoms with Gasteiger partial charge in [-0.1, -0.05) is 23.4 Å². The van der Waals surface area contributed by atoms with Gasteiger partial charge in [-0.15, -0.1) is 0 Å². The van der Waals surface area contributed by atoms with E-state index in [9.17, 15) is 9.59 Å². The molecule has 1 saturated heterocycles. The number of rotatable bonds is 7. The van der Waals surface area contributed by atoms with Gasteiger partial charge in [0.1, 0.15) is 17.2 Å². The van der Waals surface area contributed by atoms with Crippen LogP contribution in [0.2, 0.25) is 0 Å². The lowest BCUT2D eigenvalue weighted by Gasteiger charge is -2.36. The number of aryl methyl sites for hydroxylation is 2. The SMILES string of the molecule is COc1ccc(-c2nn(CCCC(=O)N3CCN(c4ccccc4)CC3)c(=O)c3noc(C)c23)cc1. The van der Waals surface area contributed by atoms with Crippen molar-refractivity contribution in [3.05, 3.63) is 70.7 Å². The van der Waals surface area contributed by atoms with E-state index in [1.165, 1.54) is 10.4 Å². The Balaban J connectivity index is 1.26. The van der Waals surface area contributed by atoms with Crippen molar-refractivity contribution >= 4 is 22.5 Å². The molecule has 1 fully saturated rings. The van der Waals surface area contributed by atoms with E-state index in [2.05, 4.69) is 27.3 Å². The molecule has 36 heavy (non-hydrogen) atoms. The molecule has 0 N–H and O–H groups in total. The quantitative estimate of drug-likeness (QED) is 0.394. The molecule has 2 aromatic carbocycles. The minimum atomic E-state index is -0.317. The Bertz CT molecular complexity index is 1400. The minimum Gasteiger partial charge on any atom is -0.497 e. The van der Waals surface area contributed by atoms with Crippen molar-refractivity contribution in [2.24, 2.45) is 0 Å². The molecule has 0 bridgehead atoms. The summed E-state index contributed by atoms with van der Waals surface area (Å²) in [5, 5.41) is 9.24. The number of fused-ring (bicyclic) bond motifs is 1. The van der Waals surface area contributed by atoms with E-state index in [4.69, 9.17) is 9.26 Å². The summed E-state index contributed by atoms with van der Waals surface area (Å²) in [6, 6.07) is 17.7. The van der Waals surface area contributed by atoms with Crippen LogP contribution in [0, 0.1) is 6.92 Å². The number of hydrogen-bond acceptors (Lipinski definition) is 7. The number of carbonyl (C=O) groups is 1. The van der Waals surface area contributed by atoms with Crippen molar-refractivity contribution in [2.45, 2.75) is 26.3 Å². The zero-order valence-corrected chi connectivity index (χ0v) is 20.5. The van der Waals surface area contributed by atoms with Gasteiger partial charge >= 0.3 is 0 Å². The van der Waals surface area contributed by atoms with E-state index < -0.39 is 0 Å². The highest BCUT2D eigenvalue weighted by Crippen LogP contribution is 2.28.